The van der Waals surface area contributed by atoms with Gasteiger partial charge in [0.1, 0.15) is 5.78 Å². The van der Waals surface area contributed by atoms with E-state index in [1.54, 1.807) is 0 Å². The van der Waals surface area contributed by atoms with E-state index in [2.05, 4.69) is 13.8 Å². The third-order valence-corrected chi connectivity index (χ3v) is 4.37. The van der Waals surface area contributed by atoms with Gasteiger partial charge in [-0.2, -0.15) is 0 Å². The standard InChI is InChI=1S/C20H40O/c1-3-5-7-9-11-13-15-17-19-20(21)18-16-14-12-10-8-6-4-2/h3-19H2,1-2H3. The van der Waals surface area contributed by atoms with Crippen LogP contribution in [0, 0.1) is 0 Å². The summed E-state index contributed by atoms with van der Waals surface area (Å²) in [6, 6.07) is 0. The van der Waals surface area contributed by atoms with Gasteiger partial charge in [0.25, 0.3) is 0 Å². The van der Waals surface area contributed by atoms with E-state index < -0.39 is 0 Å². The lowest BCUT2D eigenvalue weighted by Gasteiger charge is -2.03. The summed E-state index contributed by atoms with van der Waals surface area (Å²) in [7, 11) is 0. The van der Waals surface area contributed by atoms with Gasteiger partial charge in [-0.15, -0.1) is 0 Å². The molecular weight excluding hydrogens is 256 g/mol. The maximum Gasteiger partial charge on any atom is 0.132 e. The summed E-state index contributed by atoms with van der Waals surface area (Å²) in [6.45, 7) is 4.51. The molecule has 0 aliphatic carbocycles. The summed E-state index contributed by atoms with van der Waals surface area (Å²) in [5, 5.41) is 0. The number of carbonyl (C=O) groups excluding carboxylic acids is 1. The van der Waals surface area contributed by atoms with E-state index in [0.29, 0.717) is 5.78 Å². The molecule has 0 fully saturated rings. The van der Waals surface area contributed by atoms with Crippen molar-refractivity contribution in [2.75, 3.05) is 0 Å². The van der Waals surface area contributed by atoms with Crippen LogP contribution in [-0.2, 0) is 4.79 Å². The average Bonchev–Trinajstić information content (AvgIpc) is 2.49. The Morgan fingerprint density at radius 2 is 0.762 bits per heavy atom. The number of carbonyl (C=O) groups is 1. The first kappa shape index (κ1) is 20.7. The maximum absolute atomic E-state index is 11.8. The molecule has 0 unspecified atom stereocenters. The fourth-order valence-corrected chi connectivity index (χ4v) is 2.86. The molecule has 126 valence electrons. The molecule has 0 atom stereocenters. The highest BCUT2D eigenvalue weighted by Crippen LogP contribution is 2.12. The predicted molar refractivity (Wildman–Crippen MR) is 94.8 cm³/mol. The summed E-state index contributed by atoms with van der Waals surface area (Å²) >= 11 is 0. The third kappa shape index (κ3) is 17.6. The molecule has 1 nitrogen and oxygen atoms in total. The fraction of sp³-hybridized carbons (Fsp3) is 0.950. The molecule has 0 aliphatic rings. The van der Waals surface area contributed by atoms with Crippen LogP contribution in [-0.4, -0.2) is 5.78 Å². The number of ketones is 1. The Morgan fingerprint density at radius 1 is 0.476 bits per heavy atom. The van der Waals surface area contributed by atoms with Crippen LogP contribution in [0.4, 0.5) is 0 Å². The van der Waals surface area contributed by atoms with E-state index in [0.717, 1.165) is 25.7 Å². The van der Waals surface area contributed by atoms with Gasteiger partial charge in [0.2, 0.25) is 0 Å². The summed E-state index contributed by atoms with van der Waals surface area (Å²) in [5.74, 6) is 0.509. The van der Waals surface area contributed by atoms with Gasteiger partial charge in [-0.3, -0.25) is 4.79 Å². The van der Waals surface area contributed by atoms with Crippen LogP contribution in [0.1, 0.15) is 123 Å². The monoisotopic (exact) mass is 296 g/mol. The second kappa shape index (κ2) is 17.7. The van der Waals surface area contributed by atoms with E-state index >= 15 is 0 Å². The molecule has 0 saturated heterocycles. The molecule has 21 heavy (non-hydrogen) atoms. The number of Topliss-reactive ketones (excluding diaryl/α,β-unsaturated/α-hetero) is 1. The molecule has 0 amide bonds. The van der Waals surface area contributed by atoms with Crippen LogP contribution in [0.2, 0.25) is 0 Å². The van der Waals surface area contributed by atoms with E-state index in [4.69, 9.17) is 0 Å². The Morgan fingerprint density at radius 3 is 1.10 bits per heavy atom. The van der Waals surface area contributed by atoms with E-state index in [1.165, 1.54) is 83.5 Å². The molecule has 0 N–H and O–H groups in total. The second-order valence-corrected chi connectivity index (χ2v) is 6.63. The van der Waals surface area contributed by atoms with Crippen LogP contribution in [0.15, 0.2) is 0 Å². The number of rotatable bonds is 17. The zero-order valence-corrected chi connectivity index (χ0v) is 14.9. The second-order valence-electron chi connectivity index (χ2n) is 6.63. The van der Waals surface area contributed by atoms with Gasteiger partial charge >= 0.3 is 0 Å². The summed E-state index contributed by atoms with van der Waals surface area (Å²) < 4.78 is 0. The first-order chi connectivity index (χ1) is 10.3. The van der Waals surface area contributed by atoms with Gasteiger partial charge in [0, 0.05) is 12.8 Å². The summed E-state index contributed by atoms with van der Waals surface area (Å²) in [4.78, 5) is 11.8. The number of unbranched alkanes of at least 4 members (excludes halogenated alkanes) is 13. The maximum atomic E-state index is 11.8. The molecule has 0 saturated carbocycles. The first-order valence-electron chi connectivity index (χ1n) is 9.83. The van der Waals surface area contributed by atoms with Gasteiger partial charge in [0.15, 0.2) is 0 Å². The van der Waals surface area contributed by atoms with Gasteiger partial charge < -0.3 is 0 Å². The highest BCUT2D eigenvalue weighted by Gasteiger charge is 2.01. The summed E-state index contributed by atoms with van der Waals surface area (Å²) in [6.07, 6.45) is 21.4. The molecular formula is C20H40O. The number of hydrogen-bond donors (Lipinski definition) is 0. The lowest BCUT2D eigenvalue weighted by molar-refractivity contribution is -0.119. The lowest BCUT2D eigenvalue weighted by atomic mass is 10.0. The van der Waals surface area contributed by atoms with Crippen molar-refractivity contribution in [3.8, 4) is 0 Å². The molecule has 0 aliphatic heterocycles. The largest absolute Gasteiger partial charge is 0.300 e. The Bertz CT molecular complexity index is 210. The molecule has 0 aromatic carbocycles. The van der Waals surface area contributed by atoms with Gasteiger partial charge in [-0.25, -0.2) is 0 Å². The van der Waals surface area contributed by atoms with Gasteiger partial charge in [0.05, 0.1) is 0 Å². The molecule has 0 radical (unpaired) electrons. The SMILES string of the molecule is CCCCCCCCCCC(=O)CCCCCCCCC. The third-order valence-electron chi connectivity index (χ3n) is 4.37. The minimum atomic E-state index is 0.509. The highest BCUT2D eigenvalue weighted by molar-refractivity contribution is 5.78. The zero-order valence-electron chi connectivity index (χ0n) is 14.9. The van der Waals surface area contributed by atoms with Crippen molar-refractivity contribution < 1.29 is 4.79 Å². The Balaban J connectivity index is 3.13. The molecule has 0 aromatic rings. The van der Waals surface area contributed by atoms with E-state index in [1.807, 2.05) is 0 Å². The molecule has 0 aromatic heterocycles. The molecule has 0 heterocycles. The average molecular weight is 297 g/mol. The minimum Gasteiger partial charge on any atom is -0.300 e. The first-order valence-corrected chi connectivity index (χ1v) is 9.83. The topological polar surface area (TPSA) is 17.1 Å². The molecule has 0 spiro atoms. The molecule has 1 heteroatoms. The highest BCUT2D eigenvalue weighted by atomic mass is 16.1. The van der Waals surface area contributed by atoms with Crippen LogP contribution in [0.5, 0.6) is 0 Å². The van der Waals surface area contributed by atoms with Crippen molar-refractivity contribution >= 4 is 5.78 Å². The van der Waals surface area contributed by atoms with Crippen molar-refractivity contribution in [3.05, 3.63) is 0 Å². The Labute approximate surface area is 134 Å². The van der Waals surface area contributed by atoms with Crippen molar-refractivity contribution in [1.29, 1.82) is 0 Å². The normalized spacial score (nSPS) is 11.0. The minimum absolute atomic E-state index is 0.509. The molecule has 0 bridgehead atoms. The summed E-state index contributed by atoms with van der Waals surface area (Å²) in [5.41, 5.74) is 0. The molecule has 0 rings (SSSR count). The van der Waals surface area contributed by atoms with Crippen molar-refractivity contribution in [2.45, 2.75) is 123 Å². The van der Waals surface area contributed by atoms with Crippen molar-refractivity contribution in [3.63, 3.8) is 0 Å². The van der Waals surface area contributed by atoms with E-state index in [9.17, 15) is 4.79 Å². The van der Waals surface area contributed by atoms with Crippen molar-refractivity contribution in [1.82, 2.24) is 0 Å². The number of hydrogen-bond acceptors (Lipinski definition) is 1. The van der Waals surface area contributed by atoms with Gasteiger partial charge in [-0.05, 0) is 12.8 Å². The smallest absolute Gasteiger partial charge is 0.132 e. The lowest BCUT2D eigenvalue weighted by Crippen LogP contribution is -1.97. The van der Waals surface area contributed by atoms with Crippen LogP contribution in [0.3, 0.4) is 0 Å². The predicted octanol–water partition coefficient (Wildman–Crippen LogP) is 7.23. The van der Waals surface area contributed by atoms with Crippen molar-refractivity contribution in [2.24, 2.45) is 0 Å². The van der Waals surface area contributed by atoms with Crippen LogP contribution < -0.4 is 0 Å². The quantitative estimate of drug-likeness (QED) is 0.259. The van der Waals surface area contributed by atoms with Gasteiger partial charge in [-0.1, -0.05) is 97.3 Å². The van der Waals surface area contributed by atoms with Crippen LogP contribution >= 0.6 is 0 Å². The Kier molecular flexibility index (Phi) is 17.4. The Hall–Kier alpha value is -0.330. The van der Waals surface area contributed by atoms with E-state index in [-0.39, 0.29) is 0 Å². The van der Waals surface area contributed by atoms with Crippen LogP contribution in [0.25, 0.3) is 0 Å². The zero-order chi connectivity index (χ0) is 15.6. The fourth-order valence-electron chi connectivity index (χ4n) is 2.86.